The minimum atomic E-state index is -4.70. The minimum absolute atomic E-state index is 0.0227. The molecule has 1 aromatic heterocycles. The van der Waals surface area contributed by atoms with Gasteiger partial charge < -0.3 is 9.67 Å². The van der Waals surface area contributed by atoms with Crippen molar-refractivity contribution < 1.29 is 49.8 Å². The van der Waals surface area contributed by atoms with Crippen molar-refractivity contribution in [3.8, 4) is 0 Å². The fourth-order valence-electron chi connectivity index (χ4n) is 5.07. The second-order valence-electron chi connectivity index (χ2n) is 9.38. The molecule has 12 heteroatoms. The molecule has 0 aliphatic carbocycles. The molecule has 0 fully saturated rings. The van der Waals surface area contributed by atoms with Crippen LogP contribution in [-0.4, -0.2) is 21.9 Å². The monoisotopic (exact) mass is 583 g/mol. The largest absolute Gasteiger partial charge is 0.480 e. The Morgan fingerprint density at radius 3 is 2.12 bits per heavy atom. The van der Waals surface area contributed by atoms with E-state index in [1.54, 1.807) is 28.8 Å². The van der Waals surface area contributed by atoms with Crippen molar-refractivity contribution >= 4 is 23.2 Å². The fourth-order valence-corrected chi connectivity index (χ4v) is 5.07. The van der Waals surface area contributed by atoms with Crippen molar-refractivity contribution in [2.24, 2.45) is 0 Å². The number of carbonyl (C=O) groups excluding carboxylic acids is 1. The lowest BCUT2D eigenvalue weighted by Gasteiger charge is -2.24. The second-order valence-corrected chi connectivity index (χ2v) is 9.38. The van der Waals surface area contributed by atoms with Crippen LogP contribution < -0.4 is 0 Å². The van der Waals surface area contributed by atoms with E-state index >= 15 is 0 Å². The van der Waals surface area contributed by atoms with Crippen LogP contribution >= 0.6 is 0 Å². The van der Waals surface area contributed by atoms with Gasteiger partial charge in [0.05, 0.1) is 11.1 Å². The van der Waals surface area contributed by atoms with Crippen LogP contribution in [0.25, 0.3) is 10.9 Å². The van der Waals surface area contributed by atoms with Crippen LogP contribution in [0.5, 0.6) is 0 Å². The first kappa shape index (κ1) is 29.8. The highest BCUT2D eigenvalue weighted by atomic mass is 19.4. The van der Waals surface area contributed by atoms with Crippen LogP contribution in [0, 0.1) is 11.6 Å². The zero-order valence-corrected chi connectivity index (χ0v) is 21.0. The maximum absolute atomic E-state index is 13.5. The molecule has 0 bridgehead atoms. The number of aromatic nitrogens is 1. The van der Waals surface area contributed by atoms with Crippen LogP contribution in [0.2, 0.25) is 0 Å². The van der Waals surface area contributed by atoms with Gasteiger partial charge in [-0.25, -0.2) is 13.6 Å². The molecule has 0 spiro atoms. The molecule has 216 valence electrons. The SMILES string of the molecule is O=C(O)C1CCCc2c(Cc3ccc(F)cc3C(F)(F)F)c3ccccc3n21.O=Cc1ccc(F)cc1C(F)(F)F. The van der Waals surface area contributed by atoms with Gasteiger partial charge in [-0.1, -0.05) is 24.3 Å². The Hall–Kier alpha value is -4.22. The van der Waals surface area contributed by atoms with Gasteiger partial charge in [0, 0.05) is 28.6 Å². The average Bonchev–Trinajstić information content (AvgIpc) is 3.22. The van der Waals surface area contributed by atoms with Gasteiger partial charge in [0.15, 0.2) is 6.29 Å². The first-order valence-electron chi connectivity index (χ1n) is 12.2. The Kier molecular flexibility index (Phi) is 8.23. The number of halogens is 8. The van der Waals surface area contributed by atoms with Crippen LogP contribution in [0.3, 0.4) is 0 Å². The van der Waals surface area contributed by atoms with E-state index in [4.69, 9.17) is 0 Å². The van der Waals surface area contributed by atoms with Gasteiger partial charge >= 0.3 is 18.3 Å². The van der Waals surface area contributed by atoms with Crippen molar-refractivity contribution in [3.63, 3.8) is 0 Å². The summed E-state index contributed by atoms with van der Waals surface area (Å²) in [5.41, 5.74) is -0.699. The van der Waals surface area contributed by atoms with E-state index in [1.807, 2.05) is 0 Å². The molecule has 5 rings (SSSR count). The molecule has 1 N–H and O–H groups in total. The molecule has 4 aromatic rings. The van der Waals surface area contributed by atoms with Gasteiger partial charge in [0.2, 0.25) is 0 Å². The molecule has 1 aliphatic heterocycles. The highest BCUT2D eigenvalue weighted by Gasteiger charge is 2.36. The molecular weight excluding hydrogens is 562 g/mol. The van der Waals surface area contributed by atoms with Crippen molar-refractivity contribution in [3.05, 3.63) is 106 Å². The Morgan fingerprint density at radius 1 is 0.902 bits per heavy atom. The molecule has 0 saturated carbocycles. The molecule has 4 nitrogen and oxygen atoms in total. The van der Waals surface area contributed by atoms with Crippen molar-refractivity contribution in [2.75, 3.05) is 0 Å². The Bertz CT molecular complexity index is 1600. The summed E-state index contributed by atoms with van der Waals surface area (Å²) in [6.45, 7) is 0. The van der Waals surface area contributed by atoms with Gasteiger partial charge in [-0.05, 0) is 66.8 Å². The van der Waals surface area contributed by atoms with E-state index < -0.39 is 52.7 Å². The van der Waals surface area contributed by atoms with E-state index in [2.05, 4.69) is 0 Å². The van der Waals surface area contributed by atoms with Crippen molar-refractivity contribution in [1.82, 2.24) is 4.57 Å². The average molecular weight is 583 g/mol. The molecule has 41 heavy (non-hydrogen) atoms. The minimum Gasteiger partial charge on any atom is -0.480 e. The van der Waals surface area contributed by atoms with Crippen molar-refractivity contribution in [2.45, 2.75) is 44.1 Å². The number of hydrogen-bond donors (Lipinski definition) is 1. The van der Waals surface area contributed by atoms with Crippen molar-refractivity contribution in [1.29, 1.82) is 0 Å². The number of carboxylic acid groups (broad SMARTS) is 1. The molecule has 2 heterocycles. The molecule has 0 saturated heterocycles. The predicted molar refractivity (Wildman–Crippen MR) is 133 cm³/mol. The Morgan fingerprint density at radius 2 is 1.51 bits per heavy atom. The highest BCUT2D eigenvalue weighted by molar-refractivity contribution is 5.88. The third kappa shape index (κ3) is 6.26. The summed E-state index contributed by atoms with van der Waals surface area (Å²) < 4.78 is 104. The number of para-hydroxylation sites is 1. The predicted octanol–water partition coefficient (Wildman–Crippen LogP) is 8.01. The maximum atomic E-state index is 13.5. The van der Waals surface area contributed by atoms with Gasteiger partial charge in [-0.2, -0.15) is 26.3 Å². The standard InChI is InChI=1S/C21H17F4NO2.C8H4F4O/c22-13-9-8-12(16(11-13)21(23,24)25)10-15-14-4-1-2-5-17(14)26-18(15)6-3-7-19(26)20(27)28;9-6-2-1-5(4-13)7(3-6)8(10,11)12/h1-2,4-5,8-9,11,19H,3,6-7,10H2,(H,27,28);1-4H. The van der Waals surface area contributed by atoms with E-state index in [0.29, 0.717) is 42.5 Å². The van der Waals surface area contributed by atoms with Crippen LogP contribution in [0.15, 0.2) is 60.7 Å². The molecule has 3 aromatic carbocycles. The fraction of sp³-hybridized carbons (Fsp3) is 0.241. The number of rotatable bonds is 4. The summed E-state index contributed by atoms with van der Waals surface area (Å²) in [5.74, 6) is -2.91. The third-order valence-electron chi connectivity index (χ3n) is 6.81. The van der Waals surface area contributed by atoms with E-state index in [9.17, 15) is 49.8 Å². The summed E-state index contributed by atoms with van der Waals surface area (Å²) in [4.78, 5) is 21.9. The first-order valence-corrected chi connectivity index (χ1v) is 12.2. The zero-order chi connectivity index (χ0) is 30.1. The Balaban J connectivity index is 0.000000251. The summed E-state index contributed by atoms with van der Waals surface area (Å²) in [7, 11) is 0. The van der Waals surface area contributed by atoms with Gasteiger partial charge in [0.25, 0.3) is 0 Å². The quantitative estimate of drug-likeness (QED) is 0.196. The van der Waals surface area contributed by atoms with Crippen LogP contribution in [0.1, 0.15) is 57.2 Å². The molecular formula is C29H21F8NO3. The number of hydrogen-bond acceptors (Lipinski definition) is 2. The van der Waals surface area contributed by atoms with Crippen LogP contribution in [0.4, 0.5) is 35.1 Å². The van der Waals surface area contributed by atoms with E-state index in [-0.39, 0.29) is 18.3 Å². The summed E-state index contributed by atoms with van der Waals surface area (Å²) >= 11 is 0. The molecule has 1 unspecified atom stereocenters. The number of aliphatic carboxylic acids is 1. The number of alkyl halides is 6. The number of carbonyl (C=O) groups is 2. The van der Waals surface area contributed by atoms with E-state index in [0.717, 1.165) is 35.3 Å². The summed E-state index contributed by atoms with van der Waals surface area (Å²) in [6, 6.07) is 11.0. The number of carboxylic acids is 1. The van der Waals surface area contributed by atoms with Gasteiger partial charge in [0.1, 0.15) is 17.7 Å². The lowest BCUT2D eigenvalue weighted by molar-refractivity contribution is -0.141. The Labute approximate surface area is 227 Å². The number of aldehydes is 1. The smallest absolute Gasteiger partial charge is 0.417 e. The highest BCUT2D eigenvalue weighted by Crippen LogP contribution is 2.39. The number of fused-ring (bicyclic) bond motifs is 3. The van der Waals surface area contributed by atoms with Gasteiger partial charge in [-0.15, -0.1) is 0 Å². The summed E-state index contributed by atoms with van der Waals surface area (Å²) in [6.07, 6.45) is -7.64. The first-order chi connectivity index (χ1) is 19.2. The molecule has 1 atom stereocenters. The summed E-state index contributed by atoms with van der Waals surface area (Å²) in [5, 5.41) is 10.4. The maximum Gasteiger partial charge on any atom is 0.417 e. The second kappa shape index (κ2) is 11.3. The van der Waals surface area contributed by atoms with Crippen LogP contribution in [-0.2, 0) is 30.0 Å². The lowest BCUT2D eigenvalue weighted by atomic mass is 9.94. The number of benzene rings is 3. The van der Waals surface area contributed by atoms with Gasteiger partial charge in [-0.3, -0.25) is 4.79 Å². The molecule has 0 amide bonds. The number of nitrogens with zero attached hydrogens (tertiary/aromatic N) is 1. The topological polar surface area (TPSA) is 59.3 Å². The molecule has 0 radical (unpaired) electrons. The zero-order valence-electron chi connectivity index (χ0n) is 21.0. The normalized spacial score (nSPS) is 15.2. The van der Waals surface area contributed by atoms with E-state index in [1.165, 1.54) is 0 Å². The lowest BCUT2D eigenvalue weighted by Crippen LogP contribution is -2.25. The molecule has 1 aliphatic rings. The third-order valence-corrected chi connectivity index (χ3v) is 6.81.